The van der Waals surface area contributed by atoms with Crippen molar-refractivity contribution in [1.29, 1.82) is 0 Å². The number of hydrogen-bond donors (Lipinski definition) is 0. The molecule has 0 N–H and O–H groups in total. The summed E-state index contributed by atoms with van der Waals surface area (Å²) in [5.41, 5.74) is 1.74. The van der Waals surface area contributed by atoms with Gasteiger partial charge in [-0.3, -0.25) is 9.78 Å². The lowest BCUT2D eigenvalue weighted by Gasteiger charge is -2.23. The number of aromatic nitrogens is 2. The van der Waals surface area contributed by atoms with E-state index in [0.717, 1.165) is 31.7 Å². The summed E-state index contributed by atoms with van der Waals surface area (Å²) in [5.74, 6) is 0.0667. The van der Waals surface area contributed by atoms with Crippen LogP contribution in [0.25, 0.3) is 0 Å². The number of nitrogens with zero attached hydrogens (tertiary/aromatic N) is 4. The molecular formula is C16H17ClN4O. The second-order valence-electron chi connectivity index (χ2n) is 5.21. The molecule has 22 heavy (non-hydrogen) atoms. The molecule has 1 fully saturated rings. The van der Waals surface area contributed by atoms with Crippen molar-refractivity contribution in [2.45, 2.75) is 6.42 Å². The van der Waals surface area contributed by atoms with Gasteiger partial charge in [0.05, 0.1) is 0 Å². The third kappa shape index (κ3) is 3.36. The van der Waals surface area contributed by atoms with Crippen LogP contribution in [0.5, 0.6) is 0 Å². The molecule has 1 aliphatic heterocycles. The molecule has 0 aromatic carbocycles. The van der Waals surface area contributed by atoms with Crippen LogP contribution in [0, 0.1) is 0 Å². The van der Waals surface area contributed by atoms with Crippen molar-refractivity contribution in [2.24, 2.45) is 0 Å². The van der Waals surface area contributed by atoms with Crippen LogP contribution in [-0.4, -0.2) is 47.0 Å². The van der Waals surface area contributed by atoms with E-state index in [1.807, 2.05) is 17.0 Å². The van der Waals surface area contributed by atoms with E-state index in [4.69, 9.17) is 11.6 Å². The van der Waals surface area contributed by atoms with E-state index in [-0.39, 0.29) is 5.91 Å². The van der Waals surface area contributed by atoms with Crippen molar-refractivity contribution in [3.8, 4) is 0 Å². The van der Waals surface area contributed by atoms with Crippen molar-refractivity contribution in [1.82, 2.24) is 14.9 Å². The zero-order valence-electron chi connectivity index (χ0n) is 12.2. The Hall–Kier alpha value is -2.14. The summed E-state index contributed by atoms with van der Waals surface area (Å²) in [6.07, 6.45) is 5.94. The Morgan fingerprint density at radius 1 is 1.05 bits per heavy atom. The number of carbonyl (C=O) groups excluding carboxylic acids is 1. The number of pyridine rings is 2. The van der Waals surface area contributed by atoms with Gasteiger partial charge in [0.2, 0.25) is 0 Å². The van der Waals surface area contributed by atoms with Crippen molar-refractivity contribution >= 4 is 23.2 Å². The van der Waals surface area contributed by atoms with Gasteiger partial charge in [-0.05, 0) is 30.7 Å². The molecule has 1 amide bonds. The summed E-state index contributed by atoms with van der Waals surface area (Å²) in [4.78, 5) is 24.6. The van der Waals surface area contributed by atoms with Gasteiger partial charge in [-0.15, -0.1) is 0 Å². The molecule has 2 aromatic rings. The molecule has 5 nitrogen and oxygen atoms in total. The first-order valence-corrected chi connectivity index (χ1v) is 7.67. The standard InChI is InChI=1S/C16H17ClN4O/c17-15-12-14(4-7-19-15)20-8-1-9-21(11-10-20)16(22)13-2-5-18-6-3-13/h2-7,12H,1,8-11H2. The molecule has 2 aromatic heterocycles. The Balaban J connectivity index is 1.69. The molecule has 0 saturated carbocycles. The predicted molar refractivity (Wildman–Crippen MR) is 86.2 cm³/mol. The maximum atomic E-state index is 12.5. The molecule has 0 atom stereocenters. The van der Waals surface area contributed by atoms with Gasteiger partial charge < -0.3 is 9.80 Å². The first-order chi connectivity index (χ1) is 10.7. The maximum Gasteiger partial charge on any atom is 0.254 e. The van der Waals surface area contributed by atoms with Gasteiger partial charge in [-0.1, -0.05) is 11.6 Å². The fourth-order valence-corrected chi connectivity index (χ4v) is 2.81. The Kier molecular flexibility index (Phi) is 4.53. The van der Waals surface area contributed by atoms with Gasteiger partial charge in [-0.2, -0.15) is 0 Å². The minimum absolute atomic E-state index is 0.0667. The lowest BCUT2D eigenvalue weighted by molar-refractivity contribution is 0.0767. The van der Waals surface area contributed by atoms with Gasteiger partial charge in [-0.25, -0.2) is 4.98 Å². The molecule has 1 aliphatic rings. The van der Waals surface area contributed by atoms with Gasteiger partial charge in [0, 0.05) is 56.0 Å². The fourth-order valence-electron chi connectivity index (χ4n) is 2.64. The van der Waals surface area contributed by atoms with Crippen LogP contribution >= 0.6 is 11.6 Å². The minimum atomic E-state index is 0.0667. The Bertz CT molecular complexity index is 650. The van der Waals surface area contributed by atoms with Crippen molar-refractivity contribution in [3.63, 3.8) is 0 Å². The maximum absolute atomic E-state index is 12.5. The lowest BCUT2D eigenvalue weighted by Crippen LogP contribution is -2.35. The van der Waals surface area contributed by atoms with Gasteiger partial charge in [0.1, 0.15) is 5.15 Å². The smallest absolute Gasteiger partial charge is 0.254 e. The summed E-state index contributed by atoms with van der Waals surface area (Å²) >= 11 is 5.96. The van der Waals surface area contributed by atoms with E-state index in [1.165, 1.54) is 0 Å². The highest BCUT2D eigenvalue weighted by atomic mass is 35.5. The Labute approximate surface area is 134 Å². The van der Waals surface area contributed by atoms with Crippen molar-refractivity contribution in [2.75, 3.05) is 31.1 Å². The summed E-state index contributed by atoms with van der Waals surface area (Å²) < 4.78 is 0. The third-order valence-corrected chi connectivity index (χ3v) is 3.99. The van der Waals surface area contributed by atoms with E-state index in [2.05, 4.69) is 14.9 Å². The second kappa shape index (κ2) is 6.75. The van der Waals surface area contributed by atoms with E-state index in [1.54, 1.807) is 30.7 Å². The number of amides is 1. The van der Waals surface area contributed by atoms with E-state index in [0.29, 0.717) is 17.3 Å². The van der Waals surface area contributed by atoms with Crippen LogP contribution < -0.4 is 4.90 Å². The predicted octanol–water partition coefficient (Wildman–Crippen LogP) is 2.48. The first kappa shape index (κ1) is 14.8. The zero-order chi connectivity index (χ0) is 15.4. The number of rotatable bonds is 2. The molecular weight excluding hydrogens is 300 g/mol. The lowest BCUT2D eigenvalue weighted by atomic mass is 10.2. The molecule has 3 rings (SSSR count). The van der Waals surface area contributed by atoms with Gasteiger partial charge in [0.25, 0.3) is 5.91 Å². The van der Waals surface area contributed by atoms with Crippen LogP contribution in [0.2, 0.25) is 5.15 Å². The summed E-state index contributed by atoms with van der Waals surface area (Å²) in [7, 11) is 0. The highest BCUT2D eigenvalue weighted by Crippen LogP contribution is 2.19. The molecule has 1 saturated heterocycles. The van der Waals surface area contributed by atoms with E-state index in [9.17, 15) is 4.79 Å². The van der Waals surface area contributed by atoms with Gasteiger partial charge in [0.15, 0.2) is 0 Å². The topological polar surface area (TPSA) is 49.3 Å². The molecule has 0 aliphatic carbocycles. The summed E-state index contributed by atoms with van der Waals surface area (Å²) in [5, 5.41) is 0.492. The largest absolute Gasteiger partial charge is 0.370 e. The van der Waals surface area contributed by atoms with E-state index < -0.39 is 0 Å². The van der Waals surface area contributed by atoms with Crippen LogP contribution in [0.3, 0.4) is 0 Å². The summed E-state index contributed by atoms with van der Waals surface area (Å²) in [6, 6.07) is 7.33. The molecule has 3 heterocycles. The number of hydrogen-bond acceptors (Lipinski definition) is 4. The average molecular weight is 317 g/mol. The van der Waals surface area contributed by atoms with Crippen molar-refractivity contribution < 1.29 is 4.79 Å². The molecule has 0 unspecified atom stereocenters. The molecule has 114 valence electrons. The molecule has 6 heteroatoms. The Morgan fingerprint density at radius 3 is 2.64 bits per heavy atom. The summed E-state index contributed by atoms with van der Waals surface area (Å²) in [6.45, 7) is 3.15. The highest BCUT2D eigenvalue weighted by molar-refractivity contribution is 6.29. The third-order valence-electron chi connectivity index (χ3n) is 3.79. The fraction of sp³-hybridized carbons (Fsp3) is 0.312. The molecule has 0 bridgehead atoms. The van der Waals surface area contributed by atoms with E-state index >= 15 is 0 Å². The minimum Gasteiger partial charge on any atom is -0.370 e. The number of halogens is 1. The Morgan fingerprint density at radius 2 is 1.86 bits per heavy atom. The molecule has 0 spiro atoms. The SMILES string of the molecule is O=C(c1ccncc1)N1CCCN(c2ccnc(Cl)c2)CC1. The van der Waals surface area contributed by atoms with Crippen LogP contribution in [0.1, 0.15) is 16.8 Å². The quantitative estimate of drug-likeness (QED) is 0.799. The highest BCUT2D eigenvalue weighted by Gasteiger charge is 2.20. The van der Waals surface area contributed by atoms with Crippen LogP contribution in [-0.2, 0) is 0 Å². The van der Waals surface area contributed by atoms with Crippen LogP contribution in [0.15, 0.2) is 42.9 Å². The van der Waals surface area contributed by atoms with Crippen LogP contribution in [0.4, 0.5) is 5.69 Å². The number of anilines is 1. The zero-order valence-corrected chi connectivity index (χ0v) is 12.9. The first-order valence-electron chi connectivity index (χ1n) is 7.30. The number of carbonyl (C=O) groups is 1. The van der Waals surface area contributed by atoms with Gasteiger partial charge >= 0.3 is 0 Å². The van der Waals surface area contributed by atoms with Crippen molar-refractivity contribution in [3.05, 3.63) is 53.6 Å². The second-order valence-corrected chi connectivity index (χ2v) is 5.59. The normalized spacial score (nSPS) is 15.5. The monoisotopic (exact) mass is 316 g/mol. The average Bonchev–Trinajstić information content (AvgIpc) is 2.81. The molecule has 0 radical (unpaired) electrons.